The van der Waals surface area contributed by atoms with Gasteiger partial charge in [0.15, 0.2) is 5.82 Å². The number of aliphatic carboxylic acids is 1. The number of carboxylic acids is 1. The Bertz CT molecular complexity index is 706. The van der Waals surface area contributed by atoms with Crippen LogP contribution in [-0.2, 0) is 4.79 Å². The Morgan fingerprint density at radius 1 is 1.29 bits per heavy atom. The number of hydrogen-bond donors (Lipinski definition) is 3. The molecule has 0 spiro atoms. The van der Waals surface area contributed by atoms with Crippen LogP contribution >= 0.6 is 21.6 Å². The average Bonchev–Trinajstić information content (AvgIpc) is 3.00. The molecule has 1 heterocycles. The zero-order valence-electron chi connectivity index (χ0n) is 13.1. The highest BCUT2D eigenvalue weighted by Gasteiger charge is 2.09. The van der Waals surface area contributed by atoms with Crippen LogP contribution in [0.5, 0.6) is 0 Å². The lowest BCUT2D eigenvalue weighted by atomic mass is 10.1. The Morgan fingerprint density at radius 2 is 2.08 bits per heavy atom. The molecule has 0 saturated carbocycles. The van der Waals surface area contributed by atoms with Crippen LogP contribution in [0.2, 0.25) is 0 Å². The van der Waals surface area contributed by atoms with Gasteiger partial charge in [0.1, 0.15) is 5.82 Å². The van der Waals surface area contributed by atoms with E-state index in [0.717, 1.165) is 17.1 Å². The van der Waals surface area contributed by atoms with E-state index in [4.69, 9.17) is 5.11 Å². The molecule has 0 bridgehead atoms. The first-order chi connectivity index (χ1) is 11.6. The van der Waals surface area contributed by atoms with Gasteiger partial charge in [-0.2, -0.15) is 5.10 Å². The molecule has 0 unspecified atom stereocenters. The highest BCUT2D eigenvalue weighted by atomic mass is 33.1. The van der Waals surface area contributed by atoms with Crippen molar-refractivity contribution in [3.8, 4) is 11.4 Å². The number of carbonyl (C=O) groups is 2. The zero-order valence-corrected chi connectivity index (χ0v) is 14.7. The summed E-state index contributed by atoms with van der Waals surface area (Å²) >= 11 is 0. The molecule has 0 fully saturated rings. The molecule has 2 aromatic rings. The number of nitrogens with one attached hydrogen (secondary N) is 2. The molecule has 24 heavy (non-hydrogen) atoms. The molecule has 0 radical (unpaired) electrons. The fourth-order valence-electron chi connectivity index (χ4n) is 1.83. The number of rotatable bonds is 9. The van der Waals surface area contributed by atoms with Crippen molar-refractivity contribution in [3.63, 3.8) is 0 Å². The summed E-state index contributed by atoms with van der Waals surface area (Å²) in [5, 5.41) is 18.2. The summed E-state index contributed by atoms with van der Waals surface area (Å²) in [5.74, 6) is 1.62. The molecular formula is C15H18N4O3S2. The molecule has 3 N–H and O–H groups in total. The van der Waals surface area contributed by atoms with E-state index in [1.54, 1.807) is 29.0 Å². The lowest BCUT2D eigenvalue weighted by Gasteiger charge is -2.06. The number of benzene rings is 1. The van der Waals surface area contributed by atoms with Crippen molar-refractivity contribution in [3.05, 3.63) is 35.7 Å². The molecule has 0 saturated heterocycles. The molecule has 9 heteroatoms. The normalized spacial score (nSPS) is 10.5. The third-order valence-electron chi connectivity index (χ3n) is 2.93. The minimum atomic E-state index is -0.794. The van der Waals surface area contributed by atoms with Crippen LogP contribution in [0, 0.1) is 6.92 Å². The summed E-state index contributed by atoms with van der Waals surface area (Å²) in [6.45, 7) is 2.34. The number of hydrogen-bond acceptors (Lipinski definition) is 6. The number of carbonyl (C=O) groups excluding carboxylic acids is 1. The lowest BCUT2D eigenvalue weighted by molar-refractivity contribution is -0.136. The lowest BCUT2D eigenvalue weighted by Crippen LogP contribution is -2.25. The van der Waals surface area contributed by atoms with Gasteiger partial charge in [-0.05, 0) is 19.1 Å². The summed E-state index contributed by atoms with van der Waals surface area (Å²) in [5.41, 5.74) is 1.34. The monoisotopic (exact) mass is 366 g/mol. The molecule has 128 valence electrons. The molecule has 1 aromatic carbocycles. The number of H-pyrrole nitrogens is 1. The van der Waals surface area contributed by atoms with Crippen LogP contribution in [0.25, 0.3) is 11.4 Å². The smallest absolute Gasteiger partial charge is 0.304 e. The first kappa shape index (κ1) is 18.3. The van der Waals surface area contributed by atoms with Crippen molar-refractivity contribution < 1.29 is 14.7 Å². The van der Waals surface area contributed by atoms with Gasteiger partial charge in [0.25, 0.3) is 5.91 Å². The Morgan fingerprint density at radius 3 is 2.79 bits per heavy atom. The van der Waals surface area contributed by atoms with Crippen LogP contribution < -0.4 is 5.32 Å². The Balaban J connectivity index is 1.77. The van der Waals surface area contributed by atoms with Crippen LogP contribution in [0.15, 0.2) is 24.3 Å². The Labute approximate surface area is 147 Å². The van der Waals surface area contributed by atoms with Crippen LogP contribution in [0.4, 0.5) is 0 Å². The minimum Gasteiger partial charge on any atom is -0.481 e. The van der Waals surface area contributed by atoms with Gasteiger partial charge >= 0.3 is 5.97 Å². The van der Waals surface area contributed by atoms with E-state index in [1.165, 1.54) is 10.8 Å². The van der Waals surface area contributed by atoms with Crippen molar-refractivity contribution in [2.24, 2.45) is 0 Å². The van der Waals surface area contributed by atoms with Gasteiger partial charge in [-0.1, -0.05) is 33.7 Å². The number of amides is 1. The van der Waals surface area contributed by atoms with Crippen LogP contribution in [-0.4, -0.2) is 50.2 Å². The van der Waals surface area contributed by atoms with E-state index < -0.39 is 5.97 Å². The minimum absolute atomic E-state index is 0.150. The fourth-order valence-corrected chi connectivity index (χ4v) is 3.71. The summed E-state index contributed by atoms with van der Waals surface area (Å²) in [4.78, 5) is 26.8. The molecule has 1 aromatic heterocycles. The molecule has 1 amide bonds. The standard InChI is InChI=1S/C15H18N4O3S2/c1-10-17-14(19-18-10)11-3-2-4-12(9-11)15(22)16-6-8-24-23-7-5-13(20)21/h2-4,9H,5-8H2,1H3,(H,16,22)(H,20,21)(H,17,18,19). The van der Waals surface area contributed by atoms with Gasteiger partial charge in [0.05, 0.1) is 6.42 Å². The Kier molecular flexibility index (Phi) is 7.13. The van der Waals surface area contributed by atoms with Crippen LogP contribution in [0.1, 0.15) is 22.6 Å². The van der Waals surface area contributed by atoms with Gasteiger partial charge in [-0.25, -0.2) is 4.98 Å². The molecular weight excluding hydrogens is 348 g/mol. The van der Waals surface area contributed by atoms with E-state index in [0.29, 0.717) is 23.7 Å². The highest BCUT2D eigenvalue weighted by Crippen LogP contribution is 2.21. The second-order valence-electron chi connectivity index (χ2n) is 4.87. The largest absolute Gasteiger partial charge is 0.481 e. The maximum atomic E-state index is 12.2. The summed E-state index contributed by atoms with van der Waals surface area (Å²) in [7, 11) is 3.05. The quantitative estimate of drug-likeness (QED) is 0.462. The maximum absolute atomic E-state index is 12.2. The number of nitrogens with zero attached hydrogens (tertiary/aromatic N) is 2. The van der Waals surface area contributed by atoms with E-state index in [9.17, 15) is 9.59 Å². The maximum Gasteiger partial charge on any atom is 0.304 e. The molecule has 0 aliphatic heterocycles. The molecule has 2 rings (SSSR count). The van der Waals surface area contributed by atoms with Crippen molar-refractivity contribution in [2.45, 2.75) is 13.3 Å². The zero-order chi connectivity index (χ0) is 17.4. The molecule has 0 aliphatic rings. The first-order valence-electron chi connectivity index (χ1n) is 7.30. The number of aromatic nitrogens is 3. The molecule has 0 atom stereocenters. The third kappa shape index (κ3) is 5.89. The highest BCUT2D eigenvalue weighted by molar-refractivity contribution is 8.76. The fraction of sp³-hybridized carbons (Fsp3) is 0.333. The Hall–Kier alpha value is -2.00. The predicted molar refractivity (Wildman–Crippen MR) is 96.1 cm³/mol. The third-order valence-corrected chi connectivity index (χ3v) is 5.34. The van der Waals surface area contributed by atoms with Gasteiger partial charge in [-0.15, -0.1) is 0 Å². The number of carboxylic acid groups (broad SMARTS) is 1. The van der Waals surface area contributed by atoms with Crippen molar-refractivity contribution in [1.82, 2.24) is 20.5 Å². The first-order valence-corrected chi connectivity index (χ1v) is 9.79. The predicted octanol–water partition coefficient (Wildman–Crippen LogP) is 2.37. The average molecular weight is 366 g/mol. The van der Waals surface area contributed by atoms with Crippen LogP contribution in [0.3, 0.4) is 0 Å². The van der Waals surface area contributed by atoms with Crippen molar-refractivity contribution in [2.75, 3.05) is 18.1 Å². The molecule has 7 nitrogen and oxygen atoms in total. The second kappa shape index (κ2) is 9.33. The number of aryl methyl sites for hydroxylation is 1. The van der Waals surface area contributed by atoms with E-state index in [-0.39, 0.29) is 12.3 Å². The van der Waals surface area contributed by atoms with Gasteiger partial charge < -0.3 is 10.4 Å². The second-order valence-corrected chi connectivity index (χ2v) is 7.57. The topological polar surface area (TPSA) is 108 Å². The van der Waals surface area contributed by atoms with E-state index >= 15 is 0 Å². The van der Waals surface area contributed by atoms with Gasteiger partial charge in [-0.3, -0.25) is 14.7 Å². The SMILES string of the molecule is Cc1nc(-c2cccc(C(=O)NCCSSCCC(=O)O)c2)n[nH]1. The van der Waals surface area contributed by atoms with Gasteiger partial charge in [0, 0.05) is 29.2 Å². The van der Waals surface area contributed by atoms with Crippen molar-refractivity contribution >= 4 is 33.5 Å². The van der Waals surface area contributed by atoms with E-state index in [2.05, 4.69) is 20.5 Å². The van der Waals surface area contributed by atoms with E-state index in [1.807, 2.05) is 13.0 Å². The summed E-state index contributed by atoms with van der Waals surface area (Å²) in [6, 6.07) is 7.15. The number of aromatic amines is 1. The summed E-state index contributed by atoms with van der Waals surface area (Å²) in [6.07, 6.45) is 0.150. The van der Waals surface area contributed by atoms with Gasteiger partial charge in [0.2, 0.25) is 0 Å². The summed E-state index contributed by atoms with van der Waals surface area (Å²) < 4.78 is 0. The van der Waals surface area contributed by atoms with Crippen molar-refractivity contribution in [1.29, 1.82) is 0 Å². The molecule has 0 aliphatic carbocycles.